The van der Waals surface area contributed by atoms with Crippen molar-refractivity contribution in [2.24, 2.45) is 0 Å². The average Bonchev–Trinajstić information content (AvgIpc) is 2.30. The van der Waals surface area contributed by atoms with Gasteiger partial charge >= 0.3 is 8.03 Å². The van der Waals surface area contributed by atoms with Crippen LogP contribution in [0, 0.1) is 0 Å². The first kappa shape index (κ1) is 9.02. The summed E-state index contributed by atoms with van der Waals surface area (Å²) in [6.07, 6.45) is 6.93. The predicted octanol–water partition coefficient (Wildman–Crippen LogP) is 2.80. The highest BCUT2D eigenvalue weighted by atomic mass is 31.1. The number of fused-ring (bicyclic) bond motifs is 3. The summed E-state index contributed by atoms with van der Waals surface area (Å²) >= 11 is 0. The fourth-order valence-corrected chi connectivity index (χ4v) is 3.17. The largest absolute Gasteiger partial charge is 0.550 e. The summed E-state index contributed by atoms with van der Waals surface area (Å²) in [7, 11) is -1.68. The van der Waals surface area contributed by atoms with Crippen LogP contribution in [0.4, 0.5) is 0 Å². The van der Waals surface area contributed by atoms with E-state index in [9.17, 15) is 4.57 Å². The van der Waals surface area contributed by atoms with Crippen molar-refractivity contribution in [3.05, 3.63) is 48.1 Å². The molecule has 0 fully saturated rings. The van der Waals surface area contributed by atoms with E-state index >= 15 is 0 Å². The summed E-state index contributed by atoms with van der Waals surface area (Å²) in [6, 6.07) is 7.77. The smallest absolute Gasteiger partial charge is 0.133 e. The van der Waals surface area contributed by atoms with Crippen molar-refractivity contribution in [1.29, 1.82) is 0 Å². The molecule has 1 aliphatic heterocycles. The van der Waals surface area contributed by atoms with E-state index in [2.05, 4.69) is 6.08 Å². The second-order valence-corrected chi connectivity index (χ2v) is 4.86. The van der Waals surface area contributed by atoms with Crippen molar-refractivity contribution < 1.29 is 9.09 Å². The second-order valence-electron chi connectivity index (χ2n) is 3.65. The van der Waals surface area contributed by atoms with E-state index in [1.165, 1.54) is 0 Å². The molecule has 0 amide bonds. The molecule has 0 saturated carbocycles. The second kappa shape index (κ2) is 3.41. The molecule has 2 nitrogen and oxygen atoms in total. The van der Waals surface area contributed by atoms with Gasteiger partial charge in [-0.3, -0.25) is 0 Å². The zero-order chi connectivity index (χ0) is 10.3. The third-order valence-corrected chi connectivity index (χ3v) is 3.97. The topological polar surface area (TPSA) is 26.3 Å². The zero-order valence-corrected chi connectivity index (χ0v) is 8.98. The van der Waals surface area contributed by atoms with Crippen LogP contribution in [0.25, 0.3) is 5.57 Å². The van der Waals surface area contributed by atoms with Crippen molar-refractivity contribution in [3.8, 4) is 0 Å². The van der Waals surface area contributed by atoms with Crippen LogP contribution in [0.15, 0.2) is 42.5 Å². The van der Waals surface area contributed by atoms with Crippen molar-refractivity contribution in [1.82, 2.24) is 0 Å². The van der Waals surface area contributed by atoms with Crippen LogP contribution < -0.4 is 5.30 Å². The van der Waals surface area contributed by atoms with Gasteiger partial charge in [0.15, 0.2) is 0 Å². The number of benzene rings is 1. The number of rotatable bonds is 0. The Bertz CT molecular complexity index is 488. The first-order chi connectivity index (χ1) is 7.36. The van der Waals surface area contributed by atoms with E-state index in [1.54, 1.807) is 0 Å². The minimum atomic E-state index is -1.68. The summed E-state index contributed by atoms with van der Waals surface area (Å²) < 4.78 is 17.3. The van der Waals surface area contributed by atoms with E-state index in [4.69, 9.17) is 4.52 Å². The number of allylic oxidation sites excluding steroid dienone is 2. The van der Waals surface area contributed by atoms with E-state index in [0.29, 0.717) is 0 Å². The molecule has 3 heteroatoms. The van der Waals surface area contributed by atoms with Crippen LogP contribution >= 0.6 is 8.03 Å². The quantitative estimate of drug-likeness (QED) is 0.624. The Labute approximate surface area is 89.1 Å². The highest BCUT2D eigenvalue weighted by Gasteiger charge is 2.39. The summed E-state index contributed by atoms with van der Waals surface area (Å²) in [6.45, 7) is 0. The maximum atomic E-state index is 11.8. The molecule has 0 N–H and O–H groups in total. The Morgan fingerprint density at radius 3 is 3.13 bits per heavy atom. The molecule has 0 spiro atoms. The van der Waals surface area contributed by atoms with Gasteiger partial charge in [-0.15, -0.1) is 4.52 Å². The fraction of sp³-hybridized carbons (Fsp3) is 0.167. The lowest BCUT2D eigenvalue weighted by Gasteiger charge is -2.20. The monoisotopic (exact) mass is 217 g/mol. The normalized spacial score (nSPS) is 25.5. The van der Waals surface area contributed by atoms with Crippen LogP contribution in [-0.2, 0) is 9.09 Å². The van der Waals surface area contributed by atoms with Crippen molar-refractivity contribution in [2.75, 3.05) is 0 Å². The van der Waals surface area contributed by atoms with Crippen LogP contribution in [-0.4, -0.2) is 6.10 Å². The van der Waals surface area contributed by atoms with Crippen LogP contribution in [0.5, 0.6) is 0 Å². The Balaban J connectivity index is 2.22. The highest BCUT2D eigenvalue weighted by molar-refractivity contribution is 7.48. The third-order valence-electron chi connectivity index (χ3n) is 2.74. The molecule has 0 aromatic heterocycles. The standard InChI is InChI=1S/C12H10O2P/c13-15-12-8-4-2-6-10(12)9-5-1-3-7-11(9)14-15/h1-6,8,11H,7H2/q+1. The first-order valence-corrected chi connectivity index (χ1v) is 6.14. The minimum absolute atomic E-state index is 0.0199. The third kappa shape index (κ3) is 1.38. The van der Waals surface area contributed by atoms with Crippen LogP contribution in [0.2, 0.25) is 0 Å². The molecule has 1 aromatic rings. The molecular weight excluding hydrogens is 207 g/mol. The minimum Gasteiger partial charge on any atom is -0.133 e. The van der Waals surface area contributed by atoms with Crippen molar-refractivity contribution >= 4 is 18.9 Å². The Kier molecular flexibility index (Phi) is 2.05. The molecule has 74 valence electrons. The molecule has 2 atom stereocenters. The lowest BCUT2D eigenvalue weighted by Crippen LogP contribution is -2.23. The molecule has 1 heterocycles. The van der Waals surface area contributed by atoms with Gasteiger partial charge in [0.2, 0.25) is 5.30 Å². The van der Waals surface area contributed by atoms with Gasteiger partial charge in [-0.05, 0) is 22.3 Å². The SMILES string of the molecule is O=[P+]1OC2CC=CC=C2c2ccccc21. The van der Waals surface area contributed by atoms with Gasteiger partial charge in [-0.1, -0.05) is 30.4 Å². The van der Waals surface area contributed by atoms with Crippen LogP contribution in [0.1, 0.15) is 12.0 Å². The molecular formula is C12H10O2P+. The van der Waals surface area contributed by atoms with E-state index in [-0.39, 0.29) is 6.10 Å². The highest BCUT2D eigenvalue weighted by Crippen LogP contribution is 2.40. The average molecular weight is 217 g/mol. The number of hydrogen-bond donors (Lipinski definition) is 0. The van der Waals surface area contributed by atoms with Gasteiger partial charge in [0, 0.05) is 12.0 Å². The summed E-state index contributed by atoms with van der Waals surface area (Å²) in [5, 5.41) is 0.824. The molecule has 0 bridgehead atoms. The molecule has 2 aliphatic rings. The first-order valence-electron chi connectivity index (χ1n) is 4.96. The van der Waals surface area contributed by atoms with Gasteiger partial charge in [0.05, 0.1) is 0 Å². The van der Waals surface area contributed by atoms with Gasteiger partial charge in [-0.2, -0.15) is 0 Å². The predicted molar refractivity (Wildman–Crippen MR) is 60.3 cm³/mol. The van der Waals surface area contributed by atoms with Crippen molar-refractivity contribution in [3.63, 3.8) is 0 Å². The molecule has 0 saturated heterocycles. The van der Waals surface area contributed by atoms with Gasteiger partial charge < -0.3 is 0 Å². The van der Waals surface area contributed by atoms with Crippen molar-refractivity contribution in [2.45, 2.75) is 12.5 Å². The molecule has 15 heavy (non-hydrogen) atoms. The van der Waals surface area contributed by atoms with E-state index in [1.807, 2.05) is 36.4 Å². The summed E-state index contributed by atoms with van der Waals surface area (Å²) in [4.78, 5) is 0. The molecule has 1 aliphatic carbocycles. The molecule has 0 radical (unpaired) electrons. The lowest BCUT2D eigenvalue weighted by atomic mass is 9.94. The van der Waals surface area contributed by atoms with E-state index < -0.39 is 8.03 Å². The van der Waals surface area contributed by atoms with Gasteiger partial charge in [0.1, 0.15) is 6.10 Å². The lowest BCUT2D eigenvalue weighted by molar-refractivity contribution is 0.276. The maximum absolute atomic E-state index is 11.8. The fourth-order valence-electron chi connectivity index (χ4n) is 2.02. The number of hydrogen-bond acceptors (Lipinski definition) is 2. The molecule has 2 unspecified atom stereocenters. The summed E-state index contributed by atoms with van der Waals surface area (Å²) in [5.41, 5.74) is 2.24. The Morgan fingerprint density at radius 2 is 2.20 bits per heavy atom. The Hall–Kier alpha value is -1.24. The van der Waals surface area contributed by atoms with Crippen LogP contribution in [0.3, 0.4) is 0 Å². The van der Waals surface area contributed by atoms with Gasteiger partial charge in [0.25, 0.3) is 0 Å². The molecule has 3 rings (SSSR count). The zero-order valence-electron chi connectivity index (χ0n) is 8.09. The van der Waals surface area contributed by atoms with E-state index in [0.717, 1.165) is 22.9 Å². The maximum Gasteiger partial charge on any atom is 0.550 e. The molecule has 1 aromatic carbocycles. The summed E-state index contributed by atoms with van der Waals surface area (Å²) in [5.74, 6) is 0. The van der Waals surface area contributed by atoms with Gasteiger partial charge in [-0.25, -0.2) is 0 Å². The Morgan fingerprint density at radius 1 is 1.33 bits per heavy atom.